The Balaban J connectivity index is 2.76. The van der Waals surface area contributed by atoms with Crippen molar-refractivity contribution < 1.29 is 12.6 Å². The van der Waals surface area contributed by atoms with Crippen molar-refractivity contribution in [2.24, 2.45) is 0 Å². The van der Waals surface area contributed by atoms with Gasteiger partial charge in [0.05, 0.1) is 14.3 Å². The van der Waals surface area contributed by atoms with Crippen LogP contribution in [-0.2, 0) is 14.3 Å². The van der Waals surface area contributed by atoms with Gasteiger partial charge in [0, 0.05) is 0 Å². The zero-order chi connectivity index (χ0) is 13.2. The van der Waals surface area contributed by atoms with Gasteiger partial charge in [-0.2, -0.15) is 8.42 Å². The van der Waals surface area contributed by atoms with E-state index in [2.05, 4.69) is 26.5 Å². The summed E-state index contributed by atoms with van der Waals surface area (Å²) >= 11 is 0. The molecule has 1 aliphatic rings. The monoisotopic (exact) mass is 276 g/mol. The molecule has 1 fully saturated rings. The van der Waals surface area contributed by atoms with Crippen molar-refractivity contribution in [2.45, 2.75) is 57.3 Å². The molecule has 0 spiro atoms. The van der Waals surface area contributed by atoms with Crippen molar-refractivity contribution in [1.82, 2.24) is 0 Å². The van der Waals surface area contributed by atoms with Crippen LogP contribution >= 0.6 is 0 Å². The van der Waals surface area contributed by atoms with E-state index in [0.717, 1.165) is 19.1 Å². The first-order chi connectivity index (χ1) is 7.80. The van der Waals surface area contributed by atoms with Crippen LogP contribution in [-0.4, -0.2) is 28.3 Å². The first-order valence-corrected chi connectivity index (χ1v) is 10.9. The fourth-order valence-corrected chi connectivity index (χ4v) is 5.82. The lowest BCUT2D eigenvalue weighted by Gasteiger charge is -2.24. The Morgan fingerprint density at radius 3 is 1.94 bits per heavy atom. The van der Waals surface area contributed by atoms with Gasteiger partial charge in [-0.1, -0.05) is 50.7 Å². The molecule has 0 aromatic rings. The molecule has 5 heteroatoms. The Bertz CT molecular complexity index is 370. The number of hydrogen-bond acceptors (Lipinski definition) is 3. The highest BCUT2D eigenvalue weighted by molar-refractivity contribution is 7.86. The van der Waals surface area contributed by atoms with Crippen LogP contribution < -0.4 is 0 Å². The van der Waals surface area contributed by atoms with Gasteiger partial charge in [-0.15, -0.1) is 0 Å². The fraction of sp³-hybridized carbons (Fsp3) is 0.833. The molecular formula is C12H24O3SSi. The summed E-state index contributed by atoms with van der Waals surface area (Å²) in [5.41, 5.74) is 1.82. The van der Waals surface area contributed by atoms with Gasteiger partial charge in [0.15, 0.2) is 0 Å². The molecule has 1 saturated carbocycles. The second kappa shape index (κ2) is 5.24. The summed E-state index contributed by atoms with van der Waals surface area (Å²) < 4.78 is 27.5. The van der Waals surface area contributed by atoms with Crippen LogP contribution in [0.3, 0.4) is 0 Å². The van der Waals surface area contributed by atoms with Gasteiger partial charge >= 0.3 is 0 Å². The first kappa shape index (κ1) is 14.9. The van der Waals surface area contributed by atoms with Crippen LogP contribution in [0.4, 0.5) is 0 Å². The van der Waals surface area contributed by atoms with Gasteiger partial charge in [-0.25, -0.2) is 0 Å². The highest BCUT2D eigenvalue weighted by atomic mass is 32.2. The molecule has 0 unspecified atom stereocenters. The molecule has 1 aliphatic carbocycles. The maximum atomic E-state index is 11.2. The van der Waals surface area contributed by atoms with Crippen LogP contribution in [0.15, 0.2) is 11.8 Å². The normalized spacial score (nSPS) is 19.8. The summed E-state index contributed by atoms with van der Waals surface area (Å²) in [5.74, 6) is 0. The third kappa shape index (κ3) is 4.23. The molecule has 0 aromatic carbocycles. The maximum absolute atomic E-state index is 11.2. The third-order valence-electron chi connectivity index (χ3n) is 3.91. The van der Waals surface area contributed by atoms with E-state index < -0.39 is 23.8 Å². The first-order valence-electron chi connectivity index (χ1n) is 6.41. The Kier molecular flexibility index (Phi) is 4.60. The summed E-state index contributed by atoms with van der Waals surface area (Å²) in [6.07, 6.45) is 4.83. The predicted octanol–water partition coefficient (Wildman–Crippen LogP) is 3.10. The molecule has 0 radical (unpaired) electrons. The maximum Gasteiger partial charge on any atom is 0.265 e. The minimum Gasteiger partial charge on any atom is -0.259 e. The highest BCUT2D eigenvalue weighted by Gasteiger charge is 2.45. The van der Waals surface area contributed by atoms with E-state index in [1.54, 1.807) is 0 Å². The second-order valence-electron chi connectivity index (χ2n) is 5.11. The molecule has 3 nitrogen and oxygen atoms in total. The zero-order valence-corrected chi connectivity index (χ0v) is 13.1. The van der Waals surface area contributed by atoms with Crippen LogP contribution in [0.25, 0.3) is 0 Å². The van der Waals surface area contributed by atoms with E-state index in [0.29, 0.717) is 0 Å². The summed E-state index contributed by atoms with van der Waals surface area (Å²) in [7, 11) is -4.66. The molecule has 0 bridgehead atoms. The van der Waals surface area contributed by atoms with Gasteiger partial charge in [0.1, 0.15) is 5.60 Å². The van der Waals surface area contributed by atoms with Crippen molar-refractivity contribution in [1.29, 1.82) is 0 Å². The Hall–Kier alpha value is -0.133. The summed E-state index contributed by atoms with van der Waals surface area (Å²) in [4.78, 5) is 0. The zero-order valence-electron chi connectivity index (χ0n) is 11.3. The minimum absolute atomic E-state index is 0.495. The van der Waals surface area contributed by atoms with E-state index in [-0.39, 0.29) is 0 Å². The van der Waals surface area contributed by atoms with Crippen LogP contribution in [0.5, 0.6) is 0 Å². The molecule has 0 aliphatic heterocycles. The van der Waals surface area contributed by atoms with E-state index in [1.165, 1.54) is 18.1 Å². The SMILES string of the molecule is CC[Si](/C=C/C1(OS(C)(=O)=O)CC1)(CC)CC. The molecule has 100 valence electrons. The van der Waals surface area contributed by atoms with Crippen molar-refractivity contribution in [3.63, 3.8) is 0 Å². The smallest absolute Gasteiger partial charge is 0.259 e. The number of hydrogen-bond donors (Lipinski definition) is 0. The standard InChI is InChI=1S/C12H24O3SSi/c1-5-17(6-2,7-3)11-10-12(8-9-12)15-16(4,13)14/h10-11H,5-9H2,1-4H3/b11-10+. The van der Waals surface area contributed by atoms with Gasteiger partial charge in [-0.05, 0) is 12.8 Å². The Labute approximate surface area is 106 Å². The van der Waals surface area contributed by atoms with Crippen LogP contribution in [0.2, 0.25) is 18.1 Å². The summed E-state index contributed by atoms with van der Waals surface area (Å²) in [5, 5.41) is 0. The molecular weight excluding hydrogens is 252 g/mol. The van der Waals surface area contributed by atoms with Gasteiger partial charge in [-0.3, -0.25) is 4.18 Å². The lowest BCUT2D eigenvalue weighted by molar-refractivity contribution is 0.240. The highest BCUT2D eigenvalue weighted by Crippen LogP contribution is 2.43. The number of rotatable bonds is 7. The van der Waals surface area contributed by atoms with Gasteiger partial charge < -0.3 is 0 Å². The van der Waals surface area contributed by atoms with Crippen molar-refractivity contribution in [3.8, 4) is 0 Å². The van der Waals surface area contributed by atoms with E-state index in [1.807, 2.05) is 6.08 Å². The Morgan fingerprint density at radius 1 is 1.18 bits per heavy atom. The lowest BCUT2D eigenvalue weighted by atomic mass is 10.3. The summed E-state index contributed by atoms with van der Waals surface area (Å²) in [6, 6.07) is 3.64. The van der Waals surface area contributed by atoms with Gasteiger partial charge in [0.25, 0.3) is 10.1 Å². The molecule has 0 N–H and O–H groups in total. The molecule has 0 amide bonds. The fourth-order valence-electron chi connectivity index (χ4n) is 2.13. The molecule has 0 saturated heterocycles. The second-order valence-corrected chi connectivity index (χ2v) is 11.9. The largest absolute Gasteiger partial charge is 0.265 e. The summed E-state index contributed by atoms with van der Waals surface area (Å²) in [6.45, 7) is 6.71. The van der Waals surface area contributed by atoms with E-state index in [4.69, 9.17) is 4.18 Å². The molecule has 17 heavy (non-hydrogen) atoms. The molecule has 0 atom stereocenters. The van der Waals surface area contributed by atoms with E-state index >= 15 is 0 Å². The van der Waals surface area contributed by atoms with Crippen molar-refractivity contribution in [3.05, 3.63) is 11.8 Å². The average molecular weight is 276 g/mol. The molecule has 1 rings (SSSR count). The molecule has 0 heterocycles. The van der Waals surface area contributed by atoms with Crippen LogP contribution in [0, 0.1) is 0 Å². The Morgan fingerprint density at radius 2 is 1.65 bits per heavy atom. The van der Waals surface area contributed by atoms with Crippen LogP contribution in [0.1, 0.15) is 33.6 Å². The van der Waals surface area contributed by atoms with E-state index in [9.17, 15) is 8.42 Å². The van der Waals surface area contributed by atoms with Crippen molar-refractivity contribution >= 4 is 18.2 Å². The lowest BCUT2D eigenvalue weighted by Crippen LogP contribution is -2.30. The third-order valence-corrected chi connectivity index (χ3v) is 9.65. The topological polar surface area (TPSA) is 43.4 Å². The predicted molar refractivity (Wildman–Crippen MR) is 74.2 cm³/mol. The van der Waals surface area contributed by atoms with Gasteiger partial charge in [0.2, 0.25) is 0 Å². The molecule has 0 aromatic heterocycles. The quantitative estimate of drug-likeness (QED) is 0.530. The average Bonchev–Trinajstić information content (AvgIpc) is 2.99. The van der Waals surface area contributed by atoms with Crippen molar-refractivity contribution in [2.75, 3.05) is 6.26 Å². The minimum atomic E-state index is -3.34.